The van der Waals surface area contributed by atoms with Crippen molar-refractivity contribution < 1.29 is 13.2 Å². The standard InChI is InChI=1S/C17H18ClNO3S/c1-13-6-8-16(9-7-13)23(20,21)19(2)11-17(12-22-17)14-4-3-5-15(18)10-14/h3-10H,11-12H2,1-2H3. The number of ether oxygens (including phenoxy) is 1. The maximum Gasteiger partial charge on any atom is 0.242 e. The molecule has 1 unspecified atom stereocenters. The van der Waals surface area contributed by atoms with E-state index in [0.717, 1.165) is 11.1 Å². The first-order valence-electron chi connectivity index (χ1n) is 7.27. The van der Waals surface area contributed by atoms with Crippen LogP contribution in [0, 0.1) is 6.92 Å². The highest BCUT2D eigenvalue weighted by Gasteiger charge is 2.49. The van der Waals surface area contributed by atoms with Gasteiger partial charge in [-0.1, -0.05) is 41.4 Å². The number of epoxide rings is 1. The van der Waals surface area contributed by atoms with Crippen LogP contribution in [-0.4, -0.2) is 32.9 Å². The van der Waals surface area contributed by atoms with Crippen molar-refractivity contribution in [3.8, 4) is 0 Å². The number of aryl methyl sites for hydroxylation is 1. The molecule has 1 aliphatic heterocycles. The third-order valence-corrected chi connectivity index (χ3v) is 6.10. The van der Waals surface area contributed by atoms with Crippen LogP contribution in [0.25, 0.3) is 0 Å². The molecule has 1 fully saturated rings. The maximum absolute atomic E-state index is 12.7. The number of benzene rings is 2. The third kappa shape index (κ3) is 3.28. The van der Waals surface area contributed by atoms with E-state index in [0.29, 0.717) is 11.6 Å². The minimum Gasteiger partial charge on any atom is -0.363 e. The SMILES string of the molecule is Cc1ccc(S(=O)(=O)N(C)CC2(c3cccc(Cl)c3)CO2)cc1. The summed E-state index contributed by atoms with van der Waals surface area (Å²) in [5, 5.41) is 0.612. The van der Waals surface area contributed by atoms with Gasteiger partial charge in [-0.25, -0.2) is 8.42 Å². The van der Waals surface area contributed by atoms with Gasteiger partial charge >= 0.3 is 0 Å². The Kier molecular flexibility index (Phi) is 4.23. The zero-order chi connectivity index (χ0) is 16.7. The monoisotopic (exact) mass is 351 g/mol. The molecule has 0 N–H and O–H groups in total. The van der Waals surface area contributed by atoms with Crippen LogP contribution >= 0.6 is 11.6 Å². The van der Waals surface area contributed by atoms with Gasteiger partial charge in [0.05, 0.1) is 11.5 Å². The topological polar surface area (TPSA) is 49.9 Å². The van der Waals surface area contributed by atoms with E-state index in [4.69, 9.17) is 16.3 Å². The van der Waals surface area contributed by atoms with E-state index in [1.165, 1.54) is 4.31 Å². The molecular weight excluding hydrogens is 334 g/mol. The molecule has 122 valence electrons. The zero-order valence-corrected chi connectivity index (χ0v) is 14.6. The summed E-state index contributed by atoms with van der Waals surface area (Å²) in [6.45, 7) is 2.66. The maximum atomic E-state index is 12.7. The lowest BCUT2D eigenvalue weighted by Gasteiger charge is -2.22. The van der Waals surface area contributed by atoms with Crippen molar-refractivity contribution in [1.29, 1.82) is 0 Å². The van der Waals surface area contributed by atoms with Crippen LogP contribution in [0.3, 0.4) is 0 Å². The van der Waals surface area contributed by atoms with Crippen LogP contribution in [0.5, 0.6) is 0 Å². The predicted molar refractivity (Wildman–Crippen MR) is 90.1 cm³/mol. The van der Waals surface area contributed by atoms with Crippen molar-refractivity contribution in [2.75, 3.05) is 20.2 Å². The molecule has 1 heterocycles. The van der Waals surface area contributed by atoms with Crippen LogP contribution in [0.15, 0.2) is 53.4 Å². The van der Waals surface area contributed by atoms with Crippen LogP contribution in [-0.2, 0) is 20.4 Å². The van der Waals surface area contributed by atoms with E-state index in [1.807, 2.05) is 25.1 Å². The predicted octanol–water partition coefficient (Wildman–Crippen LogP) is 3.19. The van der Waals surface area contributed by atoms with E-state index < -0.39 is 15.6 Å². The Morgan fingerprint density at radius 1 is 1.22 bits per heavy atom. The summed E-state index contributed by atoms with van der Waals surface area (Å²) in [5.74, 6) is 0. The number of sulfonamides is 1. The lowest BCUT2D eigenvalue weighted by molar-refractivity contribution is 0.266. The number of halogens is 1. The second-order valence-corrected chi connectivity index (χ2v) is 8.35. The normalized spacial score (nSPS) is 20.7. The van der Waals surface area contributed by atoms with Crippen molar-refractivity contribution in [1.82, 2.24) is 4.31 Å². The Balaban J connectivity index is 1.84. The highest BCUT2D eigenvalue weighted by molar-refractivity contribution is 7.89. The van der Waals surface area contributed by atoms with Crippen molar-refractivity contribution >= 4 is 21.6 Å². The lowest BCUT2D eigenvalue weighted by Crippen LogP contribution is -2.35. The van der Waals surface area contributed by atoms with Crippen LogP contribution in [0.1, 0.15) is 11.1 Å². The Labute approximate surface area is 141 Å². The minimum atomic E-state index is -3.55. The molecule has 23 heavy (non-hydrogen) atoms. The van der Waals surface area contributed by atoms with Crippen molar-refractivity contribution in [2.45, 2.75) is 17.4 Å². The molecule has 2 aromatic carbocycles. The van der Waals surface area contributed by atoms with Crippen LogP contribution in [0.2, 0.25) is 5.02 Å². The van der Waals surface area contributed by atoms with Crippen molar-refractivity contribution in [2.24, 2.45) is 0 Å². The molecule has 0 spiro atoms. The molecule has 2 aromatic rings. The summed E-state index contributed by atoms with van der Waals surface area (Å²) in [6, 6.07) is 14.2. The van der Waals surface area contributed by atoms with E-state index in [1.54, 1.807) is 37.4 Å². The first-order chi connectivity index (χ1) is 10.8. The first-order valence-corrected chi connectivity index (χ1v) is 9.08. The van der Waals surface area contributed by atoms with Crippen molar-refractivity contribution in [3.63, 3.8) is 0 Å². The molecule has 0 aliphatic carbocycles. The minimum absolute atomic E-state index is 0.254. The Morgan fingerprint density at radius 2 is 1.87 bits per heavy atom. The largest absolute Gasteiger partial charge is 0.363 e. The number of likely N-dealkylation sites (N-methyl/N-ethyl adjacent to an activating group) is 1. The molecule has 3 rings (SSSR count). The van der Waals surface area contributed by atoms with Crippen LogP contribution in [0.4, 0.5) is 0 Å². The summed E-state index contributed by atoms with van der Waals surface area (Å²) in [6.07, 6.45) is 0. The zero-order valence-electron chi connectivity index (χ0n) is 13.0. The number of nitrogens with zero attached hydrogens (tertiary/aromatic N) is 1. The number of rotatable bonds is 5. The molecular formula is C17H18ClNO3S. The van der Waals surface area contributed by atoms with E-state index >= 15 is 0 Å². The van der Waals surface area contributed by atoms with Crippen LogP contribution < -0.4 is 0 Å². The molecule has 1 saturated heterocycles. The summed E-state index contributed by atoms with van der Waals surface area (Å²) in [4.78, 5) is 0.285. The molecule has 0 bridgehead atoms. The second kappa shape index (κ2) is 5.91. The van der Waals surface area contributed by atoms with Gasteiger partial charge in [-0.15, -0.1) is 0 Å². The van der Waals surface area contributed by atoms with Gasteiger partial charge in [-0.2, -0.15) is 4.31 Å². The molecule has 1 atom stereocenters. The quantitative estimate of drug-likeness (QED) is 0.777. The van der Waals surface area contributed by atoms with Gasteiger partial charge in [0.25, 0.3) is 0 Å². The highest BCUT2D eigenvalue weighted by Crippen LogP contribution is 2.40. The fourth-order valence-electron chi connectivity index (χ4n) is 2.54. The van der Waals surface area contributed by atoms with Gasteiger partial charge in [-0.05, 0) is 36.8 Å². The highest BCUT2D eigenvalue weighted by atomic mass is 35.5. The average molecular weight is 352 g/mol. The molecule has 4 nitrogen and oxygen atoms in total. The van der Waals surface area contributed by atoms with Gasteiger partial charge < -0.3 is 4.74 Å². The van der Waals surface area contributed by atoms with Gasteiger partial charge in [-0.3, -0.25) is 0 Å². The number of hydrogen-bond acceptors (Lipinski definition) is 3. The van der Waals surface area contributed by atoms with Gasteiger partial charge in [0.2, 0.25) is 10.0 Å². The summed E-state index contributed by atoms with van der Waals surface area (Å²) < 4.78 is 32.3. The fourth-order valence-corrected chi connectivity index (χ4v) is 3.95. The summed E-state index contributed by atoms with van der Waals surface area (Å²) in [5.41, 5.74) is 1.32. The van der Waals surface area contributed by atoms with E-state index in [-0.39, 0.29) is 11.4 Å². The van der Waals surface area contributed by atoms with Gasteiger partial charge in [0.15, 0.2) is 0 Å². The van der Waals surface area contributed by atoms with E-state index in [2.05, 4.69) is 0 Å². The first kappa shape index (κ1) is 16.5. The summed E-state index contributed by atoms with van der Waals surface area (Å²) >= 11 is 6.03. The molecule has 0 radical (unpaired) electrons. The second-order valence-electron chi connectivity index (χ2n) is 5.87. The van der Waals surface area contributed by atoms with E-state index in [9.17, 15) is 8.42 Å². The summed E-state index contributed by atoms with van der Waals surface area (Å²) in [7, 11) is -1.97. The molecule has 0 amide bonds. The smallest absolute Gasteiger partial charge is 0.242 e. The lowest BCUT2D eigenvalue weighted by atomic mass is 10.0. The molecule has 1 aliphatic rings. The molecule has 6 heteroatoms. The Morgan fingerprint density at radius 3 is 2.43 bits per heavy atom. The fraction of sp³-hybridized carbons (Fsp3) is 0.294. The average Bonchev–Trinajstić information content (AvgIpc) is 3.28. The van der Waals surface area contributed by atoms with Gasteiger partial charge in [0.1, 0.15) is 5.60 Å². The number of hydrogen-bond donors (Lipinski definition) is 0. The van der Waals surface area contributed by atoms with Crippen molar-refractivity contribution in [3.05, 3.63) is 64.7 Å². The van der Waals surface area contributed by atoms with Gasteiger partial charge in [0, 0.05) is 18.6 Å². The molecule has 0 aromatic heterocycles. The Hall–Kier alpha value is -1.40. The third-order valence-electron chi connectivity index (χ3n) is 4.05. The molecule has 0 saturated carbocycles. The Bertz CT molecular complexity index is 814.